The lowest BCUT2D eigenvalue weighted by molar-refractivity contribution is -0.118. The number of fused-ring (bicyclic) bond motifs is 1. The molecule has 180 valence electrons. The van der Waals surface area contributed by atoms with E-state index in [1.165, 1.54) is 16.3 Å². The second-order valence-corrected chi connectivity index (χ2v) is 8.45. The number of thioether (sulfide) groups is 1. The van der Waals surface area contributed by atoms with Gasteiger partial charge in [-0.2, -0.15) is 0 Å². The molecule has 8 nitrogen and oxygen atoms in total. The first-order chi connectivity index (χ1) is 17.0. The van der Waals surface area contributed by atoms with Gasteiger partial charge in [-0.25, -0.2) is 4.98 Å². The third-order valence-corrected chi connectivity index (χ3v) is 6.27. The van der Waals surface area contributed by atoms with Crippen LogP contribution >= 0.6 is 11.8 Å². The highest BCUT2D eigenvalue weighted by molar-refractivity contribution is 7.99. The summed E-state index contributed by atoms with van der Waals surface area (Å²) < 4.78 is 17.4. The van der Waals surface area contributed by atoms with Crippen molar-refractivity contribution in [2.24, 2.45) is 0 Å². The van der Waals surface area contributed by atoms with E-state index in [0.29, 0.717) is 45.5 Å². The largest absolute Gasteiger partial charge is 0.497 e. The zero-order valence-electron chi connectivity index (χ0n) is 19.6. The molecule has 1 N–H and O–H groups in total. The van der Waals surface area contributed by atoms with E-state index >= 15 is 0 Å². The normalized spacial score (nSPS) is 10.7. The number of benzene rings is 3. The monoisotopic (exact) mass is 491 g/mol. The van der Waals surface area contributed by atoms with Crippen LogP contribution < -0.4 is 25.1 Å². The fraction of sp³-hybridized carbons (Fsp3) is 0.192. The first-order valence-corrected chi connectivity index (χ1v) is 11.8. The van der Waals surface area contributed by atoms with E-state index in [1.807, 2.05) is 24.3 Å². The van der Waals surface area contributed by atoms with Crippen LogP contribution in [0.1, 0.15) is 5.56 Å². The fourth-order valence-corrected chi connectivity index (χ4v) is 4.40. The molecule has 4 aromatic rings. The van der Waals surface area contributed by atoms with Crippen LogP contribution in [-0.4, -0.2) is 42.5 Å². The van der Waals surface area contributed by atoms with Gasteiger partial charge in [0.2, 0.25) is 5.91 Å². The van der Waals surface area contributed by atoms with Gasteiger partial charge in [0.25, 0.3) is 5.56 Å². The molecule has 0 aliphatic heterocycles. The number of nitrogens with zero attached hydrogens (tertiary/aromatic N) is 2. The summed E-state index contributed by atoms with van der Waals surface area (Å²) in [6, 6.07) is 19.8. The Bertz CT molecular complexity index is 1420. The van der Waals surface area contributed by atoms with E-state index in [4.69, 9.17) is 14.2 Å². The van der Waals surface area contributed by atoms with Gasteiger partial charge in [0, 0.05) is 12.6 Å². The molecule has 1 aromatic heterocycles. The molecule has 1 heterocycles. The van der Waals surface area contributed by atoms with E-state index in [1.54, 1.807) is 63.8 Å². The summed E-state index contributed by atoms with van der Waals surface area (Å²) in [5.41, 5.74) is 1.85. The van der Waals surface area contributed by atoms with Gasteiger partial charge in [-0.15, -0.1) is 0 Å². The van der Waals surface area contributed by atoms with Crippen LogP contribution in [0, 0.1) is 0 Å². The topological polar surface area (TPSA) is 91.7 Å². The highest BCUT2D eigenvalue weighted by Crippen LogP contribution is 2.27. The van der Waals surface area contributed by atoms with Crippen molar-refractivity contribution >= 4 is 28.6 Å². The minimum atomic E-state index is -0.211. The molecular formula is C26H25N3O5S. The first kappa shape index (κ1) is 24.2. The molecule has 0 saturated carbocycles. The summed E-state index contributed by atoms with van der Waals surface area (Å²) in [7, 11) is 4.71. The average molecular weight is 492 g/mol. The van der Waals surface area contributed by atoms with E-state index in [2.05, 4.69) is 10.3 Å². The summed E-state index contributed by atoms with van der Waals surface area (Å²) in [5, 5.41) is 3.81. The molecule has 9 heteroatoms. The number of ether oxygens (including phenoxy) is 3. The summed E-state index contributed by atoms with van der Waals surface area (Å²) >= 11 is 1.20. The predicted molar refractivity (Wildman–Crippen MR) is 136 cm³/mol. The molecule has 4 rings (SSSR count). The van der Waals surface area contributed by atoms with Crippen LogP contribution in [0.15, 0.2) is 76.7 Å². The molecule has 0 spiro atoms. The van der Waals surface area contributed by atoms with Gasteiger partial charge >= 0.3 is 0 Å². The van der Waals surface area contributed by atoms with Gasteiger partial charge in [-0.05, 0) is 42.0 Å². The molecule has 0 saturated heterocycles. The third-order valence-electron chi connectivity index (χ3n) is 5.33. The van der Waals surface area contributed by atoms with Crippen LogP contribution in [0.5, 0.6) is 17.2 Å². The zero-order valence-corrected chi connectivity index (χ0v) is 20.4. The second kappa shape index (κ2) is 11.0. The van der Waals surface area contributed by atoms with Crippen molar-refractivity contribution in [3.8, 4) is 22.9 Å². The Kier molecular flexibility index (Phi) is 7.57. The maximum atomic E-state index is 13.4. The molecule has 3 aromatic carbocycles. The Balaban J connectivity index is 1.55. The van der Waals surface area contributed by atoms with Gasteiger partial charge in [-0.1, -0.05) is 36.0 Å². The van der Waals surface area contributed by atoms with Gasteiger partial charge in [0.1, 0.15) is 5.75 Å². The van der Waals surface area contributed by atoms with Crippen molar-refractivity contribution in [1.82, 2.24) is 14.9 Å². The molecule has 0 aliphatic carbocycles. The lowest BCUT2D eigenvalue weighted by Crippen LogP contribution is -2.26. The summed E-state index contributed by atoms with van der Waals surface area (Å²) in [4.78, 5) is 30.7. The quantitative estimate of drug-likeness (QED) is 0.281. The Morgan fingerprint density at radius 1 is 0.943 bits per heavy atom. The number of hydrogen-bond acceptors (Lipinski definition) is 7. The number of carbonyl (C=O) groups excluding carboxylic acids is 1. The zero-order chi connectivity index (χ0) is 24.8. The molecule has 0 radical (unpaired) electrons. The lowest BCUT2D eigenvalue weighted by atomic mass is 10.2. The van der Waals surface area contributed by atoms with E-state index in [9.17, 15) is 9.59 Å². The number of methoxy groups -OCH3 is 3. The first-order valence-electron chi connectivity index (χ1n) is 10.8. The number of rotatable bonds is 9. The number of aromatic nitrogens is 2. The van der Waals surface area contributed by atoms with Crippen LogP contribution in [-0.2, 0) is 11.3 Å². The Labute approximate surface area is 206 Å². The van der Waals surface area contributed by atoms with Gasteiger partial charge in [0.15, 0.2) is 16.7 Å². The summed E-state index contributed by atoms with van der Waals surface area (Å²) in [6.07, 6.45) is 0. The summed E-state index contributed by atoms with van der Waals surface area (Å²) in [5.74, 6) is 1.73. The fourth-order valence-electron chi connectivity index (χ4n) is 3.56. The minimum absolute atomic E-state index is 0.0854. The van der Waals surface area contributed by atoms with Crippen LogP contribution in [0.4, 0.5) is 0 Å². The lowest BCUT2D eigenvalue weighted by Gasteiger charge is -2.14. The maximum Gasteiger partial charge on any atom is 0.266 e. The van der Waals surface area contributed by atoms with Crippen molar-refractivity contribution in [3.63, 3.8) is 0 Å². The molecular weight excluding hydrogens is 466 g/mol. The number of hydrogen-bond donors (Lipinski definition) is 1. The molecule has 0 aliphatic rings. The third kappa shape index (κ3) is 5.41. The van der Waals surface area contributed by atoms with Crippen LogP contribution in [0.2, 0.25) is 0 Å². The Morgan fingerprint density at radius 2 is 1.74 bits per heavy atom. The van der Waals surface area contributed by atoms with Crippen LogP contribution in [0.3, 0.4) is 0 Å². The van der Waals surface area contributed by atoms with Crippen molar-refractivity contribution in [3.05, 3.63) is 82.6 Å². The number of para-hydroxylation sites is 1. The number of nitrogens with one attached hydrogen (secondary N) is 1. The standard InChI is InChI=1S/C26H25N3O5S/c1-32-19-8-6-7-18(14-19)29-25(31)20-9-4-5-10-21(20)28-26(29)35-16-24(30)27-15-17-11-12-22(33-2)23(13-17)34-3/h4-14H,15-16H2,1-3H3,(H,27,30). The molecule has 0 bridgehead atoms. The highest BCUT2D eigenvalue weighted by Gasteiger charge is 2.15. The van der Waals surface area contributed by atoms with Crippen molar-refractivity contribution in [2.75, 3.05) is 27.1 Å². The smallest absolute Gasteiger partial charge is 0.266 e. The molecule has 35 heavy (non-hydrogen) atoms. The maximum absolute atomic E-state index is 13.4. The highest BCUT2D eigenvalue weighted by atomic mass is 32.2. The van der Waals surface area contributed by atoms with Crippen molar-refractivity contribution in [1.29, 1.82) is 0 Å². The van der Waals surface area contributed by atoms with Gasteiger partial charge in [0.05, 0.1) is 43.7 Å². The predicted octanol–water partition coefficient (Wildman–Crippen LogP) is 3.82. The molecule has 0 fully saturated rings. The minimum Gasteiger partial charge on any atom is -0.497 e. The SMILES string of the molecule is COc1cccc(-n2c(SCC(=O)NCc3ccc(OC)c(OC)c3)nc3ccccc3c2=O)c1. The molecule has 0 unspecified atom stereocenters. The number of carbonyl (C=O) groups is 1. The van der Waals surface area contributed by atoms with Gasteiger partial charge in [-0.3, -0.25) is 14.2 Å². The van der Waals surface area contributed by atoms with Crippen LogP contribution in [0.25, 0.3) is 16.6 Å². The van der Waals surface area contributed by atoms with E-state index in [-0.39, 0.29) is 17.2 Å². The van der Waals surface area contributed by atoms with E-state index in [0.717, 1.165) is 5.56 Å². The van der Waals surface area contributed by atoms with Crippen molar-refractivity contribution in [2.45, 2.75) is 11.7 Å². The Hall–Kier alpha value is -3.98. The van der Waals surface area contributed by atoms with Crippen molar-refractivity contribution < 1.29 is 19.0 Å². The van der Waals surface area contributed by atoms with E-state index < -0.39 is 0 Å². The Morgan fingerprint density at radius 3 is 2.51 bits per heavy atom. The summed E-state index contributed by atoms with van der Waals surface area (Å²) in [6.45, 7) is 0.327. The molecule has 1 amide bonds. The average Bonchev–Trinajstić information content (AvgIpc) is 2.90. The van der Waals surface area contributed by atoms with Gasteiger partial charge < -0.3 is 19.5 Å². The molecule has 0 atom stereocenters. The number of amides is 1. The second-order valence-electron chi connectivity index (χ2n) is 7.51.